The smallest absolute Gasteiger partial charge is 0.308 e. The highest BCUT2D eigenvalue weighted by Gasteiger charge is 2.46. The number of hydrogen-bond acceptors (Lipinski definition) is 6. The van der Waals surface area contributed by atoms with E-state index in [4.69, 9.17) is 9.47 Å². The first-order valence-corrected chi connectivity index (χ1v) is 11.5. The minimum absolute atomic E-state index is 0.154. The molecule has 1 fully saturated rings. The first-order chi connectivity index (χ1) is 17.3. The van der Waals surface area contributed by atoms with Crippen molar-refractivity contribution in [1.29, 1.82) is 0 Å². The number of amides is 3. The van der Waals surface area contributed by atoms with E-state index in [1.54, 1.807) is 24.3 Å². The number of carbonyl (C=O) groups excluding carboxylic acids is 4. The van der Waals surface area contributed by atoms with Crippen molar-refractivity contribution in [3.05, 3.63) is 90.5 Å². The molecule has 3 amide bonds. The van der Waals surface area contributed by atoms with Gasteiger partial charge in [-0.15, -0.1) is 0 Å². The zero-order chi connectivity index (χ0) is 25.7. The fourth-order valence-corrected chi connectivity index (χ4v) is 4.22. The molecule has 1 aliphatic heterocycles. The molecule has 1 saturated heterocycles. The standard InChI is InChI=1S/C28H26N2O6/c1-19(21-9-5-3-6-10-21)29(27(33)18-35-23-11-7-4-8-12-23)25-17-26(32)30(28(25)34)22-13-15-24(16-14-22)36-20(2)31/h3-16,19,25H,17-18H2,1-2H3. The summed E-state index contributed by atoms with van der Waals surface area (Å²) in [6, 6.07) is 22.8. The maximum absolute atomic E-state index is 13.5. The van der Waals surface area contributed by atoms with E-state index in [1.165, 1.54) is 36.1 Å². The summed E-state index contributed by atoms with van der Waals surface area (Å²) in [6.07, 6.45) is -0.154. The quantitative estimate of drug-likeness (QED) is 0.272. The van der Waals surface area contributed by atoms with Crippen LogP contribution in [0.3, 0.4) is 0 Å². The van der Waals surface area contributed by atoms with Crippen molar-refractivity contribution >= 4 is 29.4 Å². The first-order valence-electron chi connectivity index (χ1n) is 11.5. The number of ether oxygens (including phenoxy) is 2. The molecule has 2 unspecified atom stereocenters. The van der Waals surface area contributed by atoms with Crippen LogP contribution in [0, 0.1) is 0 Å². The van der Waals surface area contributed by atoms with Crippen LogP contribution >= 0.6 is 0 Å². The number of carbonyl (C=O) groups is 4. The minimum Gasteiger partial charge on any atom is -0.484 e. The molecule has 0 saturated carbocycles. The average Bonchev–Trinajstić information content (AvgIpc) is 3.17. The molecule has 1 heterocycles. The van der Waals surface area contributed by atoms with Crippen LogP contribution in [0.5, 0.6) is 11.5 Å². The van der Waals surface area contributed by atoms with Gasteiger partial charge in [0.25, 0.3) is 11.8 Å². The Hall–Kier alpha value is -4.46. The molecule has 0 N–H and O–H groups in total. The number of rotatable bonds is 8. The molecule has 0 spiro atoms. The van der Waals surface area contributed by atoms with Gasteiger partial charge in [-0.25, -0.2) is 4.90 Å². The van der Waals surface area contributed by atoms with Crippen LogP contribution in [0.1, 0.15) is 31.9 Å². The Morgan fingerprint density at radius 1 is 0.917 bits per heavy atom. The molecule has 36 heavy (non-hydrogen) atoms. The highest BCUT2D eigenvalue weighted by molar-refractivity contribution is 6.23. The lowest BCUT2D eigenvalue weighted by atomic mass is 10.0. The second-order valence-electron chi connectivity index (χ2n) is 8.36. The van der Waals surface area contributed by atoms with Gasteiger partial charge in [0.2, 0.25) is 5.91 Å². The Balaban J connectivity index is 1.59. The summed E-state index contributed by atoms with van der Waals surface area (Å²) in [5.74, 6) is -0.981. The van der Waals surface area contributed by atoms with Crippen LogP contribution in [0.25, 0.3) is 0 Å². The van der Waals surface area contributed by atoms with Crippen LogP contribution in [0.4, 0.5) is 5.69 Å². The summed E-state index contributed by atoms with van der Waals surface area (Å²) >= 11 is 0. The molecule has 3 aromatic carbocycles. The molecule has 4 rings (SSSR count). The summed E-state index contributed by atoms with van der Waals surface area (Å²) in [4.78, 5) is 53.6. The van der Waals surface area contributed by atoms with Gasteiger partial charge in [0.15, 0.2) is 6.61 Å². The van der Waals surface area contributed by atoms with Gasteiger partial charge in [-0.3, -0.25) is 19.2 Å². The number of anilines is 1. The number of benzene rings is 3. The number of nitrogens with zero attached hydrogens (tertiary/aromatic N) is 2. The molecule has 0 bridgehead atoms. The monoisotopic (exact) mass is 486 g/mol. The van der Waals surface area contributed by atoms with Gasteiger partial charge in [-0.05, 0) is 48.9 Å². The Morgan fingerprint density at radius 3 is 2.14 bits per heavy atom. The first kappa shape index (κ1) is 24.7. The van der Waals surface area contributed by atoms with Crippen molar-refractivity contribution in [2.45, 2.75) is 32.4 Å². The molecule has 184 valence electrons. The van der Waals surface area contributed by atoms with Crippen LogP contribution in [0.15, 0.2) is 84.9 Å². The molecule has 0 radical (unpaired) electrons. The van der Waals surface area contributed by atoms with Gasteiger partial charge in [0, 0.05) is 6.92 Å². The summed E-state index contributed by atoms with van der Waals surface area (Å²) in [5, 5.41) is 0. The van der Waals surface area contributed by atoms with Crippen LogP contribution < -0.4 is 14.4 Å². The van der Waals surface area contributed by atoms with Gasteiger partial charge >= 0.3 is 5.97 Å². The van der Waals surface area contributed by atoms with E-state index in [9.17, 15) is 19.2 Å². The van der Waals surface area contributed by atoms with Gasteiger partial charge < -0.3 is 14.4 Å². The number of hydrogen-bond donors (Lipinski definition) is 0. The molecule has 2 atom stereocenters. The fourth-order valence-electron chi connectivity index (χ4n) is 4.22. The third-order valence-corrected chi connectivity index (χ3v) is 5.91. The third-order valence-electron chi connectivity index (χ3n) is 5.91. The van der Waals surface area contributed by atoms with Crippen molar-refractivity contribution in [3.8, 4) is 11.5 Å². The molecule has 8 heteroatoms. The Morgan fingerprint density at radius 2 is 1.53 bits per heavy atom. The predicted octanol–water partition coefficient (Wildman–Crippen LogP) is 3.91. The average molecular weight is 487 g/mol. The van der Waals surface area contributed by atoms with Crippen molar-refractivity contribution in [1.82, 2.24) is 4.90 Å². The lowest BCUT2D eigenvalue weighted by Crippen LogP contribution is -2.48. The predicted molar refractivity (Wildman–Crippen MR) is 132 cm³/mol. The van der Waals surface area contributed by atoms with E-state index < -0.39 is 35.8 Å². The van der Waals surface area contributed by atoms with Gasteiger partial charge in [0.05, 0.1) is 18.2 Å². The summed E-state index contributed by atoms with van der Waals surface area (Å²) < 4.78 is 10.7. The second-order valence-corrected chi connectivity index (χ2v) is 8.36. The molecule has 3 aromatic rings. The summed E-state index contributed by atoms with van der Waals surface area (Å²) in [7, 11) is 0. The van der Waals surface area contributed by atoms with Gasteiger partial charge in [0.1, 0.15) is 17.5 Å². The van der Waals surface area contributed by atoms with E-state index in [0.717, 1.165) is 10.5 Å². The van der Waals surface area contributed by atoms with E-state index in [-0.39, 0.29) is 13.0 Å². The SMILES string of the molecule is CC(=O)Oc1ccc(N2C(=O)CC(N(C(=O)COc3ccccc3)C(C)c3ccccc3)C2=O)cc1. The molecule has 1 aliphatic rings. The fraction of sp³-hybridized carbons (Fsp3) is 0.214. The number of para-hydroxylation sites is 1. The third kappa shape index (κ3) is 5.43. The highest BCUT2D eigenvalue weighted by atomic mass is 16.5. The zero-order valence-corrected chi connectivity index (χ0v) is 20.0. The van der Waals surface area contributed by atoms with Crippen molar-refractivity contribution in [2.24, 2.45) is 0 Å². The normalized spacial score (nSPS) is 15.9. The topological polar surface area (TPSA) is 93.2 Å². The van der Waals surface area contributed by atoms with E-state index in [1.807, 2.05) is 43.3 Å². The van der Waals surface area contributed by atoms with Gasteiger partial charge in [-0.2, -0.15) is 0 Å². The molecule has 8 nitrogen and oxygen atoms in total. The van der Waals surface area contributed by atoms with Crippen LogP contribution in [-0.2, 0) is 19.2 Å². The number of esters is 1. The largest absolute Gasteiger partial charge is 0.484 e. The van der Waals surface area contributed by atoms with E-state index >= 15 is 0 Å². The van der Waals surface area contributed by atoms with E-state index in [2.05, 4.69) is 0 Å². The Labute approximate surface area is 209 Å². The summed E-state index contributed by atoms with van der Waals surface area (Å²) in [6.45, 7) is 2.83. The molecular formula is C28H26N2O6. The highest BCUT2D eigenvalue weighted by Crippen LogP contribution is 2.32. The van der Waals surface area contributed by atoms with Crippen LogP contribution in [0.2, 0.25) is 0 Å². The van der Waals surface area contributed by atoms with Crippen LogP contribution in [-0.4, -0.2) is 41.2 Å². The zero-order valence-electron chi connectivity index (χ0n) is 20.0. The number of imide groups is 1. The lowest BCUT2D eigenvalue weighted by Gasteiger charge is -2.33. The van der Waals surface area contributed by atoms with Crippen molar-refractivity contribution < 1.29 is 28.7 Å². The Kier molecular flexibility index (Phi) is 7.44. The van der Waals surface area contributed by atoms with E-state index in [0.29, 0.717) is 17.2 Å². The van der Waals surface area contributed by atoms with Crippen molar-refractivity contribution in [2.75, 3.05) is 11.5 Å². The maximum Gasteiger partial charge on any atom is 0.308 e. The molecular weight excluding hydrogens is 460 g/mol. The molecule has 0 aliphatic carbocycles. The Bertz CT molecular complexity index is 1240. The second kappa shape index (κ2) is 10.9. The van der Waals surface area contributed by atoms with Gasteiger partial charge in [-0.1, -0.05) is 48.5 Å². The minimum atomic E-state index is -0.993. The molecule has 0 aromatic heterocycles. The van der Waals surface area contributed by atoms with Crippen molar-refractivity contribution in [3.63, 3.8) is 0 Å². The maximum atomic E-state index is 13.5. The summed E-state index contributed by atoms with van der Waals surface area (Å²) in [5.41, 5.74) is 1.17. The lowest BCUT2D eigenvalue weighted by molar-refractivity contribution is -0.142.